The summed E-state index contributed by atoms with van der Waals surface area (Å²) in [5.74, 6) is -0.153. The highest BCUT2D eigenvalue weighted by Crippen LogP contribution is 2.19. The normalized spacial score (nSPS) is 11.4. The summed E-state index contributed by atoms with van der Waals surface area (Å²) < 4.78 is 10.9. The molecule has 3 aromatic carbocycles. The Labute approximate surface area is 176 Å². The van der Waals surface area contributed by atoms with Crippen molar-refractivity contribution in [2.45, 2.75) is 33.0 Å². The van der Waals surface area contributed by atoms with E-state index < -0.39 is 12.1 Å². The number of benzene rings is 3. The number of hydrogen-bond donors (Lipinski definition) is 1. The van der Waals surface area contributed by atoms with Gasteiger partial charge in [0.15, 0.2) is 6.10 Å². The van der Waals surface area contributed by atoms with E-state index in [1.807, 2.05) is 61.5 Å². The molecule has 0 unspecified atom stereocenters. The Morgan fingerprint density at radius 3 is 2.27 bits per heavy atom. The number of rotatable bonds is 8. The first-order chi connectivity index (χ1) is 14.6. The van der Waals surface area contributed by atoms with Crippen molar-refractivity contribution in [1.29, 1.82) is 0 Å². The molecule has 154 valence electrons. The summed E-state index contributed by atoms with van der Waals surface area (Å²) in [7, 11) is 0. The van der Waals surface area contributed by atoms with Crippen LogP contribution in [0.3, 0.4) is 0 Å². The van der Waals surface area contributed by atoms with E-state index in [0.717, 1.165) is 23.2 Å². The van der Waals surface area contributed by atoms with E-state index >= 15 is 0 Å². The van der Waals surface area contributed by atoms with Crippen molar-refractivity contribution in [3.63, 3.8) is 0 Å². The minimum absolute atomic E-state index is 0.197. The third-order valence-corrected chi connectivity index (χ3v) is 4.63. The molecule has 0 spiro atoms. The number of nitrogens with one attached hydrogen (secondary N) is 1. The monoisotopic (exact) mass is 403 g/mol. The summed E-state index contributed by atoms with van der Waals surface area (Å²) in [5, 5.41) is 2.93. The van der Waals surface area contributed by atoms with Gasteiger partial charge in [-0.3, -0.25) is 4.79 Å². The van der Waals surface area contributed by atoms with Gasteiger partial charge in [0, 0.05) is 11.3 Å². The van der Waals surface area contributed by atoms with Gasteiger partial charge in [-0.25, -0.2) is 4.79 Å². The van der Waals surface area contributed by atoms with Crippen molar-refractivity contribution in [2.24, 2.45) is 0 Å². The van der Waals surface area contributed by atoms with E-state index in [-0.39, 0.29) is 12.5 Å². The second kappa shape index (κ2) is 10.3. The maximum Gasteiger partial charge on any atom is 0.347 e. The molecule has 5 nitrogen and oxygen atoms in total. The summed E-state index contributed by atoms with van der Waals surface area (Å²) in [6, 6.07) is 23.9. The van der Waals surface area contributed by atoms with Gasteiger partial charge in [-0.1, -0.05) is 55.5 Å². The van der Waals surface area contributed by atoms with Gasteiger partial charge in [-0.05, 0) is 54.8 Å². The van der Waals surface area contributed by atoms with Crippen molar-refractivity contribution < 1.29 is 19.1 Å². The Morgan fingerprint density at radius 2 is 1.57 bits per heavy atom. The molecule has 0 radical (unpaired) electrons. The lowest BCUT2D eigenvalue weighted by Crippen LogP contribution is -2.26. The molecule has 0 fully saturated rings. The molecular weight excluding hydrogens is 378 g/mol. The number of hydrogen-bond acceptors (Lipinski definition) is 4. The van der Waals surface area contributed by atoms with Crippen LogP contribution in [0.25, 0.3) is 0 Å². The molecular formula is C25H25NO4. The minimum Gasteiger partial charge on any atom is -0.479 e. The van der Waals surface area contributed by atoms with Gasteiger partial charge in [0.1, 0.15) is 12.4 Å². The third kappa shape index (κ3) is 5.70. The first-order valence-electron chi connectivity index (χ1n) is 9.93. The number of carbonyl (C=O) groups is 2. The second-order valence-electron chi connectivity index (χ2n) is 6.84. The van der Waals surface area contributed by atoms with Gasteiger partial charge in [-0.15, -0.1) is 0 Å². The molecule has 1 atom stereocenters. The number of esters is 1. The quantitative estimate of drug-likeness (QED) is 0.537. The largest absolute Gasteiger partial charge is 0.479 e. The zero-order chi connectivity index (χ0) is 21.3. The van der Waals surface area contributed by atoms with Crippen molar-refractivity contribution in [3.05, 3.63) is 95.6 Å². The molecule has 0 aliphatic carbocycles. The Balaban J connectivity index is 1.54. The van der Waals surface area contributed by atoms with Crippen molar-refractivity contribution >= 4 is 17.6 Å². The van der Waals surface area contributed by atoms with E-state index in [4.69, 9.17) is 9.47 Å². The second-order valence-corrected chi connectivity index (χ2v) is 6.84. The van der Waals surface area contributed by atoms with E-state index in [1.165, 1.54) is 0 Å². The first-order valence-corrected chi connectivity index (χ1v) is 9.93. The number of ether oxygens (including phenoxy) is 2. The van der Waals surface area contributed by atoms with Gasteiger partial charge in [0.05, 0.1) is 0 Å². The van der Waals surface area contributed by atoms with E-state index in [2.05, 4.69) is 5.32 Å². The first kappa shape index (κ1) is 21.1. The maximum atomic E-state index is 12.5. The van der Waals surface area contributed by atoms with Crippen LogP contribution in [-0.4, -0.2) is 18.0 Å². The standard InChI is InChI=1S/C25H25NO4/c1-3-20-11-7-8-12-23(20)26-24(27)21-13-15-22(16-14-21)30-18(2)25(28)29-17-19-9-5-4-6-10-19/h4-16,18H,3,17H2,1-2H3,(H,26,27)/t18-/m1/s1. The lowest BCUT2D eigenvalue weighted by Gasteiger charge is -2.14. The van der Waals surface area contributed by atoms with Crippen LogP contribution in [0.2, 0.25) is 0 Å². The fourth-order valence-corrected chi connectivity index (χ4v) is 2.93. The molecule has 0 aliphatic rings. The zero-order valence-electron chi connectivity index (χ0n) is 17.1. The zero-order valence-corrected chi connectivity index (χ0v) is 17.1. The SMILES string of the molecule is CCc1ccccc1NC(=O)c1ccc(O[C@H](C)C(=O)OCc2ccccc2)cc1. The van der Waals surface area contributed by atoms with Crippen molar-refractivity contribution in [1.82, 2.24) is 0 Å². The molecule has 0 bridgehead atoms. The van der Waals surface area contributed by atoms with Crippen molar-refractivity contribution in [3.8, 4) is 5.75 Å². The van der Waals surface area contributed by atoms with Gasteiger partial charge >= 0.3 is 5.97 Å². The average molecular weight is 403 g/mol. The lowest BCUT2D eigenvalue weighted by molar-refractivity contribution is -0.152. The summed E-state index contributed by atoms with van der Waals surface area (Å²) in [5.41, 5.74) is 3.30. The predicted octanol–water partition coefficient (Wildman–Crippen LogP) is 5.01. The Bertz CT molecular complexity index is 984. The number of anilines is 1. The Kier molecular flexibility index (Phi) is 7.22. The summed E-state index contributed by atoms with van der Waals surface area (Å²) in [4.78, 5) is 24.7. The highest BCUT2D eigenvalue weighted by Gasteiger charge is 2.17. The molecule has 0 saturated carbocycles. The van der Waals surface area contributed by atoms with Crippen LogP contribution in [0, 0.1) is 0 Å². The predicted molar refractivity (Wildman–Crippen MR) is 117 cm³/mol. The average Bonchev–Trinajstić information content (AvgIpc) is 2.79. The van der Waals surface area contributed by atoms with Crippen LogP contribution in [0.4, 0.5) is 5.69 Å². The summed E-state index contributed by atoms with van der Waals surface area (Å²) >= 11 is 0. The van der Waals surface area contributed by atoms with E-state index in [1.54, 1.807) is 31.2 Å². The molecule has 0 heterocycles. The van der Waals surface area contributed by atoms with Gasteiger partial charge < -0.3 is 14.8 Å². The molecule has 1 amide bonds. The smallest absolute Gasteiger partial charge is 0.347 e. The van der Waals surface area contributed by atoms with Gasteiger partial charge in [0.25, 0.3) is 5.91 Å². The number of para-hydroxylation sites is 1. The van der Waals surface area contributed by atoms with E-state index in [9.17, 15) is 9.59 Å². The molecule has 5 heteroatoms. The van der Waals surface area contributed by atoms with Crippen LogP contribution in [0.15, 0.2) is 78.9 Å². The lowest BCUT2D eigenvalue weighted by atomic mass is 10.1. The van der Waals surface area contributed by atoms with Crippen molar-refractivity contribution in [2.75, 3.05) is 5.32 Å². The Hall–Kier alpha value is -3.60. The van der Waals surface area contributed by atoms with E-state index in [0.29, 0.717) is 11.3 Å². The molecule has 3 aromatic rings. The van der Waals surface area contributed by atoms with Gasteiger partial charge in [-0.2, -0.15) is 0 Å². The molecule has 1 N–H and O–H groups in total. The minimum atomic E-state index is -0.759. The van der Waals surface area contributed by atoms with Crippen LogP contribution >= 0.6 is 0 Å². The molecule has 3 rings (SSSR count). The third-order valence-electron chi connectivity index (χ3n) is 4.63. The van der Waals surface area contributed by atoms with Gasteiger partial charge in [0.2, 0.25) is 0 Å². The number of amides is 1. The highest BCUT2D eigenvalue weighted by molar-refractivity contribution is 6.04. The fourth-order valence-electron chi connectivity index (χ4n) is 2.93. The topological polar surface area (TPSA) is 64.6 Å². The van der Waals surface area contributed by atoms with Crippen LogP contribution < -0.4 is 10.1 Å². The highest BCUT2D eigenvalue weighted by atomic mass is 16.6. The van der Waals surface area contributed by atoms with Crippen LogP contribution in [-0.2, 0) is 22.6 Å². The molecule has 30 heavy (non-hydrogen) atoms. The number of carbonyl (C=O) groups excluding carboxylic acids is 2. The number of aryl methyl sites for hydroxylation is 1. The molecule has 0 aromatic heterocycles. The summed E-state index contributed by atoms with van der Waals surface area (Å²) in [6.07, 6.45) is 0.0754. The van der Waals surface area contributed by atoms with Crippen LogP contribution in [0.5, 0.6) is 5.75 Å². The summed E-state index contributed by atoms with van der Waals surface area (Å²) in [6.45, 7) is 3.88. The Morgan fingerprint density at radius 1 is 0.900 bits per heavy atom. The molecule has 0 saturated heterocycles. The van der Waals surface area contributed by atoms with Crippen LogP contribution in [0.1, 0.15) is 35.3 Å². The molecule has 0 aliphatic heterocycles. The fraction of sp³-hybridized carbons (Fsp3) is 0.200. The maximum absolute atomic E-state index is 12.5.